The van der Waals surface area contributed by atoms with E-state index >= 15 is 0 Å². The molecule has 0 aromatic carbocycles. The van der Waals surface area contributed by atoms with Crippen LogP contribution in [0, 0.1) is 20.8 Å². The molecule has 0 aliphatic heterocycles. The third-order valence-electron chi connectivity index (χ3n) is 3.52. The molecule has 2 rings (SSSR count). The lowest BCUT2D eigenvalue weighted by Gasteiger charge is -2.11. The Morgan fingerprint density at radius 3 is 2.48 bits per heavy atom. The number of aliphatic imine (C=N–C) groups is 1. The monoisotopic (exact) mass is 449 g/mol. The lowest BCUT2D eigenvalue weighted by molar-refractivity contribution is 0.715. The van der Waals surface area contributed by atoms with Crippen molar-refractivity contribution in [2.45, 2.75) is 33.7 Å². The van der Waals surface area contributed by atoms with Crippen LogP contribution in [0.25, 0.3) is 0 Å². The predicted octanol–water partition coefficient (Wildman–Crippen LogP) is 1.72. The first-order chi connectivity index (χ1) is 10.5. The number of guanidine groups is 1. The number of halogens is 1. The predicted molar refractivity (Wildman–Crippen MR) is 105 cm³/mol. The lowest BCUT2D eigenvalue weighted by atomic mass is 10.4. The van der Waals surface area contributed by atoms with Gasteiger partial charge in [0.25, 0.3) is 0 Å². The molecule has 0 amide bonds. The molecule has 2 N–H and O–H groups in total. The number of hydrogen-bond donors (Lipinski definition) is 2. The van der Waals surface area contributed by atoms with Crippen LogP contribution in [-0.4, -0.2) is 39.3 Å². The number of rotatable bonds is 5. The SMILES string of the molecule is CN=C(NCCc1nc(C)c(C)s1)NCc1nnc(C)n1C.I. The van der Waals surface area contributed by atoms with Crippen LogP contribution >= 0.6 is 35.3 Å². The summed E-state index contributed by atoms with van der Waals surface area (Å²) in [6.45, 7) is 7.47. The highest BCUT2D eigenvalue weighted by atomic mass is 127. The van der Waals surface area contributed by atoms with Crippen LogP contribution in [0.1, 0.15) is 27.2 Å². The Morgan fingerprint density at radius 1 is 1.22 bits per heavy atom. The van der Waals surface area contributed by atoms with Crippen molar-refractivity contribution in [3.63, 3.8) is 0 Å². The van der Waals surface area contributed by atoms with Crippen molar-refractivity contribution in [3.05, 3.63) is 27.2 Å². The Hall–Kier alpha value is -1.23. The summed E-state index contributed by atoms with van der Waals surface area (Å²) in [5, 5.41) is 15.8. The number of aromatic nitrogens is 4. The molecule has 0 aliphatic carbocycles. The van der Waals surface area contributed by atoms with Crippen LogP contribution in [0.2, 0.25) is 0 Å². The van der Waals surface area contributed by atoms with Crippen molar-refractivity contribution < 1.29 is 0 Å². The molecule has 9 heteroatoms. The molecule has 2 aromatic heterocycles. The second kappa shape index (κ2) is 9.16. The summed E-state index contributed by atoms with van der Waals surface area (Å²) in [5.41, 5.74) is 1.13. The van der Waals surface area contributed by atoms with E-state index < -0.39 is 0 Å². The normalized spacial score (nSPS) is 11.3. The minimum atomic E-state index is 0. The first kappa shape index (κ1) is 19.8. The summed E-state index contributed by atoms with van der Waals surface area (Å²) in [7, 11) is 3.71. The van der Waals surface area contributed by atoms with Crippen molar-refractivity contribution in [2.75, 3.05) is 13.6 Å². The van der Waals surface area contributed by atoms with E-state index in [1.165, 1.54) is 4.88 Å². The second-order valence-corrected chi connectivity index (χ2v) is 6.36. The van der Waals surface area contributed by atoms with Crippen LogP contribution in [0.15, 0.2) is 4.99 Å². The van der Waals surface area contributed by atoms with E-state index in [0.29, 0.717) is 6.54 Å². The Kier molecular flexibility index (Phi) is 7.89. The number of thiazole rings is 1. The summed E-state index contributed by atoms with van der Waals surface area (Å²) >= 11 is 1.76. The van der Waals surface area contributed by atoms with Gasteiger partial charge < -0.3 is 15.2 Å². The van der Waals surface area contributed by atoms with Crippen molar-refractivity contribution in [3.8, 4) is 0 Å². The minimum Gasteiger partial charge on any atom is -0.356 e. The smallest absolute Gasteiger partial charge is 0.191 e. The second-order valence-electron chi connectivity index (χ2n) is 5.07. The van der Waals surface area contributed by atoms with E-state index in [0.717, 1.165) is 41.3 Å². The molecule has 0 radical (unpaired) electrons. The summed E-state index contributed by atoms with van der Waals surface area (Å²) in [6, 6.07) is 0. The maximum atomic E-state index is 4.54. The van der Waals surface area contributed by atoms with Crippen LogP contribution in [0.3, 0.4) is 0 Å². The number of aryl methyl sites for hydroxylation is 3. The number of nitrogens with one attached hydrogen (secondary N) is 2. The molecule has 7 nitrogen and oxygen atoms in total. The molecule has 0 spiro atoms. The van der Waals surface area contributed by atoms with Gasteiger partial charge in [0.15, 0.2) is 11.8 Å². The van der Waals surface area contributed by atoms with Crippen molar-refractivity contribution in [2.24, 2.45) is 12.0 Å². The summed E-state index contributed by atoms with van der Waals surface area (Å²) in [6.07, 6.45) is 0.892. The van der Waals surface area contributed by atoms with Gasteiger partial charge in [-0.15, -0.1) is 45.5 Å². The first-order valence-corrected chi connectivity index (χ1v) is 8.05. The Bertz CT molecular complexity index is 643. The van der Waals surface area contributed by atoms with Crippen LogP contribution < -0.4 is 10.6 Å². The fraction of sp³-hybridized carbons (Fsp3) is 0.571. The average molecular weight is 449 g/mol. The van der Waals surface area contributed by atoms with Gasteiger partial charge in [-0.05, 0) is 20.8 Å². The van der Waals surface area contributed by atoms with Crippen molar-refractivity contribution in [1.82, 2.24) is 30.4 Å². The maximum Gasteiger partial charge on any atom is 0.191 e. The zero-order valence-corrected chi connectivity index (χ0v) is 17.3. The van der Waals surface area contributed by atoms with Gasteiger partial charge in [0.2, 0.25) is 0 Å². The summed E-state index contributed by atoms with van der Waals surface area (Å²) in [4.78, 5) is 10.0. The highest BCUT2D eigenvalue weighted by Gasteiger charge is 2.07. The van der Waals surface area contributed by atoms with E-state index in [-0.39, 0.29) is 24.0 Å². The standard InChI is InChI=1S/C14H23N7S.HI/c1-9-10(2)22-13(18-9)6-7-16-14(15-4)17-8-12-20-19-11(3)21(12)5;/h6-8H2,1-5H3,(H2,15,16,17);1H. The molecule has 0 aliphatic rings. The summed E-state index contributed by atoms with van der Waals surface area (Å²) < 4.78 is 1.96. The van der Waals surface area contributed by atoms with Gasteiger partial charge in [-0.1, -0.05) is 0 Å². The quantitative estimate of drug-likeness (QED) is 0.413. The molecule has 2 aromatic rings. The molecule has 0 unspecified atom stereocenters. The van der Waals surface area contributed by atoms with Gasteiger partial charge in [-0.3, -0.25) is 4.99 Å². The highest BCUT2D eigenvalue weighted by Crippen LogP contribution is 2.16. The first-order valence-electron chi connectivity index (χ1n) is 7.23. The van der Waals surface area contributed by atoms with Crippen LogP contribution in [0.5, 0.6) is 0 Å². The molecule has 0 saturated carbocycles. The molecule has 0 atom stereocenters. The molecular weight excluding hydrogens is 425 g/mol. The molecular formula is C14H24IN7S. The van der Waals surface area contributed by atoms with Gasteiger partial charge in [0.1, 0.15) is 5.82 Å². The molecule has 128 valence electrons. The van der Waals surface area contributed by atoms with Gasteiger partial charge in [-0.2, -0.15) is 0 Å². The minimum absolute atomic E-state index is 0. The van der Waals surface area contributed by atoms with Crippen molar-refractivity contribution >= 4 is 41.3 Å². The van der Waals surface area contributed by atoms with E-state index in [1.807, 2.05) is 25.5 Å². The molecule has 23 heavy (non-hydrogen) atoms. The molecule has 2 heterocycles. The maximum absolute atomic E-state index is 4.54. The third kappa shape index (κ3) is 5.41. The highest BCUT2D eigenvalue weighted by molar-refractivity contribution is 14.0. The lowest BCUT2D eigenvalue weighted by Crippen LogP contribution is -2.38. The molecule has 0 fully saturated rings. The van der Waals surface area contributed by atoms with E-state index in [4.69, 9.17) is 0 Å². The Labute approximate surface area is 158 Å². The molecule has 0 saturated heterocycles. The van der Waals surface area contributed by atoms with E-state index in [1.54, 1.807) is 18.4 Å². The average Bonchev–Trinajstić information content (AvgIpc) is 2.98. The van der Waals surface area contributed by atoms with Gasteiger partial charge in [-0.25, -0.2) is 4.98 Å². The van der Waals surface area contributed by atoms with Gasteiger partial charge in [0.05, 0.1) is 17.2 Å². The third-order valence-corrected chi connectivity index (χ3v) is 4.66. The van der Waals surface area contributed by atoms with E-state index in [9.17, 15) is 0 Å². The van der Waals surface area contributed by atoms with Crippen molar-refractivity contribution in [1.29, 1.82) is 0 Å². The number of nitrogens with zero attached hydrogens (tertiary/aromatic N) is 5. The number of hydrogen-bond acceptors (Lipinski definition) is 5. The fourth-order valence-corrected chi connectivity index (χ4v) is 2.86. The Morgan fingerprint density at radius 2 is 1.96 bits per heavy atom. The largest absolute Gasteiger partial charge is 0.356 e. The zero-order valence-electron chi connectivity index (χ0n) is 14.2. The van der Waals surface area contributed by atoms with E-state index in [2.05, 4.69) is 37.7 Å². The van der Waals surface area contributed by atoms with Gasteiger partial charge in [0, 0.05) is 31.9 Å². The van der Waals surface area contributed by atoms with Crippen LogP contribution in [-0.2, 0) is 20.0 Å². The fourth-order valence-electron chi connectivity index (χ4n) is 1.92. The molecule has 0 bridgehead atoms. The zero-order chi connectivity index (χ0) is 16.1. The van der Waals surface area contributed by atoms with Gasteiger partial charge >= 0.3 is 0 Å². The topological polar surface area (TPSA) is 80.0 Å². The van der Waals surface area contributed by atoms with Crippen LogP contribution in [0.4, 0.5) is 0 Å². The summed E-state index contributed by atoms with van der Waals surface area (Å²) in [5.74, 6) is 2.53. The Balaban J connectivity index is 0.00000264.